The van der Waals surface area contributed by atoms with Crippen molar-refractivity contribution in [3.8, 4) is 0 Å². The molecule has 1 spiro atoms. The monoisotopic (exact) mass is 329 g/mol. The molecule has 1 atom stereocenters. The van der Waals surface area contributed by atoms with Gasteiger partial charge in [-0.3, -0.25) is 4.79 Å². The summed E-state index contributed by atoms with van der Waals surface area (Å²) in [7, 11) is 0. The summed E-state index contributed by atoms with van der Waals surface area (Å²) >= 11 is 0. The standard InChI is InChI=1S/C20H27NO3/c1-19(2,3)24-18(23)21-11-9-20(10-12-21)14-16(13-17(20)22)15-7-5-4-6-8-15/h4-8,16H,9-14H2,1-3H3. The fraction of sp³-hybridized carbons (Fsp3) is 0.600. The quantitative estimate of drug-likeness (QED) is 0.777. The van der Waals surface area contributed by atoms with Crippen LogP contribution < -0.4 is 0 Å². The summed E-state index contributed by atoms with van der Waals surface area (Å²) in [5.41, 5.74) is 0.546. The topological polar surface area (TPSA) is 46.6 Å². The van der Waals surface area contributed by atoms with Crippen molar-refractivity contribution in [3.63, 3.8) is 0 Å². The lowest BCUT2D eigenvalue weighted by Crippen LogP contribution is -2.46. The number of benzene rings is 1. The van der Waals surface area contributed by atoms with Gasteiger partial charge in [0.1, 0.15) is 11.4 Å². The van der Waals surface area contributed by atoms with E-state index in [2.05, 4.69) is 12.1 Å². The van der Waals surface area contributed by atoms with E-state index in [0.29, 0.717) is 31.2 Å². The van der Waals surface area contributed by atoms with Crippen molar-refractivity contribution in [1.29, 1.82) is 0 Å². The Kier molecular flexibility index (Phi) is 4.41. The molecule has 1 saturated heterocycles. The number of carbonyl (C=O) groups excluding carboxylic acids is 2. The third-order valence-corrected chi connectivity index (χ3v) is 5.30. The van der Waals surface area contributed by atoms with E-state index >= 15 is 0 Å². The Hall–Kier alpha value is -1.84. The van der Waals surface area contributed by atoms with E-state index in [-0.39, 0.29) is 11.5 Å². The molecular weight excluding hydrogens is 302 g/mol. The number of rotatable bonds is 1. The third kappa shape index (κ3) is 3.47. The van der Waals surface area contributed by atoms with Crippen LogP contribution in [0.15, 0.2) is 30.3 Å². The number of ketones is 1. The minimum absolute atomic E-state index is 0.237. The van der Waals surface area contributed by atoms with Gasteiger partial charge in [0, 0.05) is 24.9 Å². The van der Waals surface area contributed by atoms with Crippen molar-refractivity contribution in [1.82, 2.24) is 4.90 Å². The zero-order valence-corrected chi connectivity index (χ0v) is 14.9. The molecule has 130 valence electrons. The van der Waals surface area contributed by atoms with Crippen LogP contribution in [0.4, 0.5) is 4.79 Å². The number of nitrogens with zero attached hydrogens (tertiary/aromatic N) is 1. The Morgan fingerprint density at radius 3 is 2.38 bits per heavy atom. The van der Waals surface area contributed by atoms with Crippen LogP contribution in [0.5, 0.6) is 0 Å². The molecule has 1 saturated carbocycles. The largest absolute Gasteiger partial charge is 0.444 e. The minimum atomic E-state index is -0.478. The Balaban J connectivity index is 1.63. The minimum Gasteiger partial charge on any atom is -0.444 e. The number of Topliss-reactive ketones (excluding diaryl/α,β-unsaturated/α-hetero) is 1. The highest BCUT2D eigenvalue weighted by molar-refractivity contribution is 5.88. The SMILES string of the molecule is CC(C)(C)OC(=O)N1CCC2(CC1)CC(c1ccccc1)CC2=O. The molecule has 0 bridgehead atoms. The maximum atomic E-state index is 12.7. The Morgan fingerprint density at radius 1 is 1.17 bits per heavy atom. The van der Waals surface area contributed by atoms with Gasteiger partial charge in [-0.1, -0.05) is 30.3 Å². The van der Waals surface area contributed by atoms with E-state index in [9.17, 15) is 9.59 Å². The maximum absolute atomic E-state index is 12.7. The predicted molar refractivity (Wildman–Crippen MR) is 92.9 cm³/mol. The normalized spacial score (nSPS) is 23.5. The second kappa shape index (κ2) is 6.23. The molecule has 1 aromatic carbocycles. The number of piperidine rings is 1. The number of ether oxygens (including phenoxy) is 1. The van der Waals surface area contributed by atoms with Gasteiger partial charge in [-0.25, -0.2) is 4.79 Å². The lowest BCUT2D eigenvalue weighted by atomic mass is 9.75. The van der Waals surface area contributed by atoms with Crippen LogP contribution in [0.3, 0.4) is 0 Å². The van der Waals surface area contributed by atoms with Crippen LogP contribution in [-0.4, -0.2) is 35.5 Å². The molecule has 2 fully saturated rings. The predicted octanol–water partition coefficient (Wildman–Crippen LogP) is 4.15. The lowest BCUT2D eigenvalue weighted by Gasteiger charge is -2.38. The molecule has 3 rings (SSSR count). The van der Waals surface area contributed by atoms with Crippen molar-refractivity contribution in [2.24, 2.45) is 5.41 Å². The number of hydrogen-bond acceptors (Lipinski definition) is 3. The average molecular weight is 329 g/mol. The smallest absolute Gasteiger partial charge is 0.410 e. The molecule has 1 aliphatic carbocycles. The lowest BCUT2D eigenvalue weighted by molar-refractivity contribution is -0.128. The van der Waals surface area contributed by atoms with E-state index in [1.807, 2.05) is 39.0 Å². The number of hydrogen-bond donors (Lipinski definition) is 0. The fourth-order valence-electron chi connectivity index (χ4n) is 3.99. The maximum Gasteiger partial charge on any atom is 0.410 e. The molecule has 4 nitrogen and oxygen atoms in total. The second-order valence-electron chi connectivity index (χ2n) is 8.19. The van der Waals surface area contributed by atoms with Crippen molar-refractivity contribution in [3.05, 3.63) is 35.9 Å². The van der Waals surface area contributed by atoms with Gasteiger partial charge in [0.2, 0.25) is 0 Å². The van der Waals surface area contributed by atoms with E-state index < -0.39 is 5.60 Å². The highest BCUT2D eigenvalue weighted by atomic mass is 16.6. The first-order valence-corrected chi connectivity index (χ1v) is 8.85. The molecule has 0 aromatic heterocycles. The van der Waals surface area contributed by atoms with Gasteiger partial charge in [0.05, 0.1) is 0 Å². The Labute approximate surface area is 144 Å². The molecule has 1 heterocycles. The van der Waals surface area contributed by atoms with Crippen molar-refractivity contribution in [2.75, 3.05) is 13.1 Å². The highest BCUT2D eigenvalue weighted by Gasteiger charge is 2.49. The van der Waals surface area contributed by atoms with Crippen LogP contribution >= 0.6 is 0 Å². The number of likely N-dealkylation sites (tertiary alicyclic amines) is 1. The van der Waals surface area contributed by atoms with Crippen LogP contribution in [0.25, 0.3) is 0 Å². The van der Waals surface area contributed by atoms with Crippen molar-refractivity contribution in [2.45, 2.75) is 58.0 Å². The molecule has 1 unspecified atom stereocenters. The van der Waals surface area contributed by atoms with Gasteiger partial charge in [-0.15, -0.1) is 0 Å². The first kappa shape index (κ1) is 17.0. The molecule has 0 N–H and O–H groups in total. The van der Waals surface area contributed by atoms with Gasteiger partial charge in [0.25, 0.3) is 0 Å². The average Bonchev–Trinajstić information content (AvgIpc) is 2.84. The van der Waals surface area contributed by atoms with Crippen LogP contribution in [0, 0.1) is 5.41 Å². The molecule has 2 aliphatic rings. The summed E-state index contributed by atoms with van der Waals surface area (Å²) in [5.74, 6) is 0.701. The zero-order chi connectivity index (χ0) is 17.4. The fourth-order valence-corrected chi connectivity index (χ4v) is 3.99. The molecule has 1 aliphatic heterocycles. The highest BCUT2D eigenvalue weighted by Crippen LogP contribution is 2.49. The molecule has 0 radical (unpaired) electrons. The summed E-state index contributed by atoms with van der Waals surface area (Å²) in [6.07, 6.45) is 2.81. The van der Waals surface area contributed by atoms with E-state index in [4.69, 9.17) is 4.74 Å². The van der Waals surface area contributed by atoms with Gasteiger partial charge in [0.15, 0.2) is 0 Å². The van der Waals surface area contributed by atoms with Crippen LogP contribution in [-0.2, 0) is 9.53 Å². The molecule has 1 amide bonds. The summed E-state index contributed by atoms with van der Waals surface area (Å²) in [6, 6.07) is 10.3. The summed E-state index contributed by atoms with van der Waals surface area (Å²) < 4.78 is 5.45. The van der Waals surface area contributed by atoms with Crippen LogP contribution in [0.1, 0.15) is 57.9 Å². The van der Waals surface area contributed by atoms with Gasteiger partial charge < -0.3 is 9.64 Å². The van der Waals surface area contributed by atoms with E-state index in [1.54, 1.807) is 4.90 Å². The summed E-state index contributed by atoms with van der Waals surface area (Å²) in [6.45, 7) is 6.86. The summed E-state index contributed by atoms with van der Waals surface area (Å²) in [4.78, 5) is 26.7. The second-order valence-corrected chi connectivity index (χ2v) is 8.19. The molecule has 24 heavy (non-hydrogen) atoms. The van der Waals surface area contributed by atoms with Gasteiger partial charge >= 0.3 is 6.09 Å². The first-order valence-electron chi connectivity index (χ1n) is 8.85. The third-order valence-electron chi connectivity index (χ3n) is 5.30. The Morgan fingerprint density at radius 2 is 1.79 bits per heavy atom. The van der Waals surface area contributed by atoms with Gasteiger partial charge in [-0.05, 0) is 51.5 Å². The molecule has 1 aromatic rings. The molecular formula is C20H27NO3. The summed E-state index contributed by atoms with van der Waals surface area (Å²) in [5, 5.41) is 0. The van der Waals surface area contributed by atoms with E-state index in [0.717, 1.165) is 19.3 Å². The van der Waals surface area contributed by atoms with Gasteiger partial charge in [-0.2, -0.15) is 0 Å². The zero-order valence-electron chi connectivity index (χ0n) is 14.9. The van der Waals surface area contributed by atoms with Crippen molar-refractivity contribution >= 4 is 11.9 Å². The Bertz CT molecular complexity index is 610. The van der Waals surface area contributed by atoms with E-state index in [1.165, 1.54) is 5.56 Å². The number of carbonyl (C=O) groups is 2. The molecule has 4 heteroatoms. The number of amides is 1. The van der Waals surface area contributed by atoms with Crippen LogP contribution in [0.2, 0.25) is 0 Å². The first-order chi connectivity index (χ1) is 11.3. The van der Waals surface area contributed by atoms with Crippen molar-refractivity contribution < 1.29 is 14.3 Å².